The summed E-state index contributed by atoms with van der Waals surface area (Å²) >= 11 is 1.40. The maximum Gasteiger partial charge on any atom is 0.261 e. The molecule has 29 heavy (non-hydrogen) atoms. The van der Waals surface area contributed by atoms with Crippen molar-refractivity contribution in [1.82, 2.24) is 9.97 Å². The maximum atomic E-state index is 12.7. The summed E-state index contributed by atoms with van der Waals surface area (Å²) in [6, 6.07) is 3.35. The predicted molar refractivity (Wildman–Crippen MR) is 112 cm³/mol. The Morgan fingerprint density at radius 2 is 1.76 bits per heavy atom. The van der Waals surface area contributed by atoms with Crippen molar-refractivity contribution < 1.29 is 19.1 Å². The third-order valence-corrected chi connectivity index (χ3v) is 4.88. The van der Waals surface area contributed by atoms with Gasteiger partial charge in [0.2, 0.25) is 5.91 Å². The van der Waals surface area contributed by atoms with Crippen LogP contribution in [0.2, 0.25) is 0 Å². The number of anilines is 2. The molecule has 0 aliphatic rings. The minimum Gasteiger partial charge on any atom is -0.379 e. The smallest absolute Gasteiger partial charge is 0.261 e. The van der Waals surface area contributed by atoms with E-state index in [2.05, 4.69) is 20.6 Å². The van der Waals surface area contributed by atoms with E-state index in [1.807, 2.05) is 13.8 Å². The third-order valence-electron chi connectivity index (χ3n) is 3.89. The van der Waals surface area contributed by atoms with E-state index in [-0.39, 0.29) is 36.2 Å². The summed E-state index contributed by atoms with van der Waals surface area (Å²) < 4.78 is 10.5. The zero-order valence-electron chi connectivity index (χ0n) is 16.9. The van der Waals surface area contributed by atoms with Crippen molar-refractivity contribution >= 4 is 34.1 Å². The van der Waals surface area contributed by atoms with Gasteiger partial charge in [0.05, 0.1) is 44.1 Å². The molecule has 4 N–H and O–H groups in total. The minimum absolute atomic E-state index is 0.137. The number of ether oxygens (including phenoxy) is 2. The Labute approximate surface area is 174 Å². The van der Waals surface area contributed by atoms with Crippen LogP contribution in [0.4, 0.5) is 10.9 Å². The van der Waals surface area contributed by atoms with Crippen LogP contribution in [-0.4, -0.2) is 54.8 Å². The SMILES string of the molecule is Cc1ccc(C(=O)Nc2nc(C)c(C)s2)c(NC(=O)CCOCCOCCN)n1. The summed E-state index contributed by atoms with van der Waals surface area (Å²) in [7, 11) is 0. The lowest BCUT2D eigenvalue weighted by molar-refractivity contribution is -0.117. The Hall–Kier alpha value is -2.40. The number of aryl methyl sites for hydroxylation is 3. The fourth-order valence-electron chi connectivity index (χ4n) is 2.29. The molecule has 2 heterocycles. The van der Waals surface area contributed by atoms with E-state index < -0.39 is 0 Å². The number of pyridine rings is 1. The first-order chi connectivity index (χ1) is 13.9. The zero-order valence-corrected chi connectivity index (χ0v) is 17.7. The molecule has 0 aromatic carbocycles. The van der Waals surface area contributed by atoms with Crippen LogP contribution in [0, 0.1) is 20.8 Å². The highest BCUT2D eigenvalue weighted by atomic mass is 32.1. The quantitative estimate of drug-likeness (QED) is 0.474. The number of nitrogens with one attached hydrogen (secondary N) is 2. The van der Waals surface area contributed by atoms with Crippen molar-refractivity contribution in [2.75, 3.05) is 43.6 Å². The molecular weight excluding hydrogens is 394 g/mol. The van der Waals surface area contributed by atoms with Gasteiger partial charge in [-0.1, -0.05) is 0 Å². The summed E-state index contributed by atoms with van der Waals surface area (Å²) in [5, 5.41) is 5.96. The van der Waals surface area contributed by atoms with E-state index in [1.165, 1.54) is 11.3 Å². The number of aromatic nitrogens is 2. The molecule has 0 radical (unpaired) electrons. The molecule has 10 heteroatoms. The van der Waals surface area contributed by atoms with Crippen molar-refractivity contribution in [3.05, 3.63) is 34.0 Å². The van der Waals surface area contributed by atoms with Gasteiger partial charge in [0, 0.05) is 17.1 Å². The highest BCUT2D eigenvalue weighted by molar-refractivity contribution is 7.15. The van der Waals surface area contributed by atoms with E-state index in [9.17, 15) is 9.59 Å². The van der Waals surface area contributed by atoms with Gasteiger partial charge in [0.25, 0.3) is 5.91 Å². The highest BCUT2D eigenvalue weighted by Crippen LogP contribution is 2.23. The second-order valence-corrected chi connectivity index (χ2v) is 7.48. The molecule has 0 unspecified atom stereocenters. The highest BCUT2D eigenvalue weighted by Gasteiger charge is 2.17. The number of hydrogen-bond donors (Lipinski definition) is 3. The molecule has 0 saturated heterocycles. The molecule has 0 aliphatic heterocycles. The van der Waals surface area contributed by atoms with Gasteiger partial charge in [0.1, 0.15) is 5.82 Å². The van der Waals surface area contributed by atoms with Gasteiger partial charge in [-0.15, -0.1) is 11.3 Å². The van der Waals surface area contributed by atoms with E-state index in [1.54, 1.807) is 19.1 Å². The van der Waals surface area contributed by atoms with Crippen LogP contribution in [0.1, 0.15) is 33.0 Å². The number of nitrogens with two attached hydrogens (primary N) is 1. The molecule has 158 valence electrons. The number of carbonyl (C=O) groups excluding carboxylic acids is 2. The molecule has 2 aromatic heterocycles. The van der Waals surface area contributed by atoms with E-state index in [0.29, 0.717) is 37.2 Å². The molecule has 2 rings (SSSR count). The standard InChI is InChI=1S/C19H27N5O4S/c1-12-4-5-15(18(26)24-19-22-13(2)14(3)29-19)17(21-12)23-16(25)6-8-27-10-11-28-9-7-20/h4-5H,6-11,20H2,1-3H3,(H,21,23,25)(H,22,24,26). The van der Waals surface area contributed by atoms with Crippen molar-refractivity contribution in [3.63, 3.8) is 0 Å². The molecule has 0 saturated carbocycles. The van der Waals surface area contributed by atoms with Crippen LogP contribution in [-0.2, 0) is 14.3 Å². The molecule has 2 amide bonds. The first-order valence-corrected chi connectivity index (χ1v) is 10.1. The van der Waals surface area contributed by atoms with Gasteiger partial charge in [-0.3, -0.25) is 14.9 Å². The second-order valence-electron chi connectivity index (χ2n) is 6.28. The molecular formula is C19H27N5O4S. The average Bonchev–Trinajstić information content (AvgIpc) is 2.98. The fraction of sp³-hybridized carbons (Fsp3) is 0.474. The van der Waals surface area contributed by atoms with Gasteiger partial charge in [-0.2, -0.15) is 0 Å². The first kappa shape index (κ1) is 22.9. The second kappa shape index (κ2) is 11.6. The topological polar surface area (TPSA) is 128 Å². The van der Waals surface area contributed by atoms with E-state index in [4.69, 9.17) is 15.2 Å². The van der Waals surface area contributed by atoms with Crippen LogP contribution in [0.15, 0.2) is 12.1 Å². The maximum absolute atomic E-state index is 12.7. The number of hydrogen-bond acceptors (Lipinski definition) is 8. The van der Waals surface area contributed by atoms with Gasteiger partial charge >= 0.3 is 0 Å². The number of thiazole rings is 1. The number of amides is 2. The molecule has 0 bridgehead atoms. The summed E-state index contributed by atoms with van der Waals surface area (Å²) in [5.74, 6) is -0.459. The fourth-order valence-corrected chi connectivity index (χ4v) is 3.10. The van der Waals surface area contributed by atoms with E-state index in [0.717, 1.165) is 10.6 Å². The Bertz CT molecular complexity index is 821. The van der Waals surface area contributed by atoms with Crippen molar-refractivity contribution in [2.45, 2.75) is 27.2 Å². The molecule has 0 aliphatic carbocycles. The Morgan fingerprint density at radius 1 is 1.03 bits per heavy atom. The minimum atomic E-state index is -0.380. The van der Waals surface area contributed by atoms with Crippen LogP contribution in [0.5, 0.6) is 0 Å². The van der Waals surface area contributed by atoms with Crippen molar-refractivity contribution in [1.29, 1.82) is 0 Å². The van der Waals surface area contributed by atoms with Crippen LogP contribution < -0.4 is 16.4 Å². The Morgan fingerprint density at radius 3 is 2.41 bits per heavy atom. The van der Waals surface area contributed by atoms with Crippen molar-refractivity contribution in [3.8, 4) is 0 Å². The summed E-state index contributed by atoms with van der Waals surface area (Å²) in [6.45, 7) is 7.60. The lowest BCUT2D eigenvalue weighted by Crippen LogP contribution is -2.21. The summed E-state index contributed by atoms with van der Waals surface area (Å²) in [6.07, 6.45) is 0.137. The monoisotopic (exact) mass is 421 g/mol. The molecule has 0 spiro atoms. The normalized spacial score (nSPS) is 10.8. The summed E-state index contributed by atoms with van der Waals surface area (Å²) in [4.78, 5) is 34.5. The Balaban J connectivity index is 1.91. The molecule has 0 atom stereocenters. The van der Waals surface area contributed by atoms with E-state index >= 15 is 0 Å². The molecule has 2 aromatic rings. The lowest BCUT2D eigenvalue weighted by Gasteiger charge is -2.11. The first-order valence-electron chi connectivity index (χ1n) is 9.29. The zero-order chi connectivity index (χ0) is 21.2. The van der Waals surface area contributed by atoms with Gasteiger partial charge < -0.3 is 20.5 Å². The van der Waals surface area contributed by atoms with Gasteiger partial charge in [-0.05, 0) is 32.9 Å². The number of carbonyl (C=O) groups is 2. The molecule has 0 fully saturated rings. The Kier molecular flexibility index (Phi) is 9.13. The average molecular weight is 422 g/mol. The van der Waals surface area contributed by atoms with Crippen LogP contribution in [0.25, 0.3) is 0 Å². The lowest BCUT2D eigenvalue weighted by atomic mass is 10.2. The third kappa shape index (κ3) is 7.50. The van der Waals surface area contributed by atoms with Gasteiger partial charge in [-0.25, -0.2) is 9.97 Å². The molecule has 9 nitrogen and oxygen atoms in total. The number of nitrogens with zero attached hydrogens (tertiary/aromatic N) is 2. The van der Waals surface area contributed by atoms with Crippen LogP contribution >= 0.6 is 11.3 Å². The van der Waals surface area contributed by atoms with Gasteiger partial charge in [0.15, 0.2) is 5.13 Å². The van der Waals surface area contributed by atoms with Crippen molar-refractivity contribution in [2.24, 2.45) is 5.73 Å². The summed E-state index contributed by atoms with van der Waals surface area (Å²) in [5.41, 5.74) is 7.15. The predicted octanol–water partition coefficient (Wildman–Crippen LogP) is 2.04. The number of rotatable bonds is 11. The largest absolute Gasteiger partial charge is 0.379 e. The van der Waals surface area contributed by atoms with Crippen LogP contribution in [0.3, 0.4) is 0 Å².